The first kappa shape index (κ1) is 15.5. The summed E-state index contributed by atoms with van der Waals surface area (Å²) in [5, 5.41) is 2.54. The van der Waals surface area contributed by atoms with E-state index in [0.717, 1.165) is 7.11 Å². The van der Waals surface area contributed by atoms with Gasteiger partial charge in [0.05, 0.1) is 12.7 Å². The Hall–Kier alpha value is -1.93. The highest BCUT2D eigenvalue weighted by Gasteiger charge is 2.45. The molecule has 4 nitrogen and oxygen atoms in total. The first-order valence-electron chi connectivity index (χ1n) is 5.92. The van der Waals surface area contributed by atoms with Crippen molar-refractivity contribution in [2.75, 3.05) is 12.4 Å². The number of esters is 1. The molecule has 1 fully saturated rings. The lowest BCUT2D eigenvalue weighted by atomic mass is 9.88. The van der Waals surface area contributed by atoms with Crippen molar-refractivity contribution >= 4 is 11.8 Å². The van der Waals surface area contributed by atoms with Gasteiger partial charge in [0.2, 0.25) is 0 Å². The van der Waals surface area contributed by atoms with E-state index in [1.54, 1.807) is 0 Å². The van der Waals surface area contributed by atoms with Crippen molar-refractivity contribution in [3.63, 3.8) is 0 Å². The van der Waals surface area contributed by atoms with Crippen molar-refractivity contribution < 1.29 is 31.5 Å². The number of rotatable bonds is 3. The number of hydrogen-bond acceptors (Lipinski definition) is 4. The SMILES string of the molecule is COC(=O)c1cc(C(F)(F)F)cnc1NC1CC(F)(F)C1. The van der Waals surface area contributed by atoms with E-state index in [1.165, 1.54) is 0 Å². The number of anilines is 1. The molecule has 1 aliphatic rings. The van der Waals surface area contributed by atoms with Crippen LogP contribution in [0.3, 0.4) is 0 Å². The Bertz CT molecular complexity index is 551. The highest BCUT2D eigenvalue weighted by atomic mass is 19.4. The minimum atomic E-state index is -4.67. The zero-order valence-corrected chi connectivity index (χ0v) is 10.8. The van der Waals surface area contributed by atoms with Crippen molar-refractivity contribution in [3.05, 3.63) is 23.4 Å². The van der Waals surface area contributed by atoms with Gasteiger partial charge in [0.25, 0.3) is 5.92 Å². The number of carbonyl (C=O) groups excluding carboxylic acids is 1. The third kappa shape index (κ3) is 3.40. The number of ether oxygens (including phenoxy) is 1. The molecular weight excluding hydrogens is 299 g/mol. The Morgan fingerprint density at radius 1 is 1.43 bits per heavy atom. The molecule has 9 heteroatoms. The standard InChI is InChI=1S/C12H11F5N2O2/c1-21-10(20)8-2-6(12(15,16)17)5-18-9(8)19-7-3-11(13,14)4-7/h2,5,7H,3-4H2,1H3,(H,18,19). The summed E-state index contributed by atoms with van der Waals surface area (Å²) in [6.45, 7) is 0. The van der Waals surface area contributed by atoms with Crippen LogP contribution in [0.1, 0.15) is 28.8 Å². The number of nitrogens with zero attached hydrogens (tertiary/aromatic N) is 1. The van der Waals surface area contributed by atoms with Crippen LogP contribution in [0.4, 0.5) is 27.8 Å². The van der Waals surface area contributed by atoms with Crippen molar-refractivity contribution in [1.82, 2.24) is 4.98 Å². The van der Waals surface area contributed by atoms with Gasteiger partial charge in [-0.3, -0.25) is 0 Å². The summed E-state index contributed by atoms with van der Waals surface area (Å²) in [5.74, 6) is -4.02. The zero-order chi connectivity index (χ0) is 15.8. The number of methoxy groups -OCH3 is 1. The second kappa shape index (κ2) is 5.12. The van der Waals surface area contributed by atoms with Gasteiger partial charge in [-0.15, -0.1) is 0 Å². The maximum Gasteiger partial charge on any atom is 0.417 e. The van der Waals surface area contributed by atoms with Crippen LogP contribution in [0.5, 0.6) is 0 Å². The van der Waals surface area contributed by atoms with E-state index in [1.807, 2.05) is 0 Å². The maximum absolute atomic E-state index is 12.7. The van der Waals surface area contributed by atoms with Gasteiger partial charge >= 0.3 is 12.1 Å². The molecule has 1 saturated carbocycles. The highest BCUT2D eigenvalue weighted by Crippen LogP contribution is 2.39. The molecule has 0 amide bonds. The molecule has 0 unspecified atom stereocenters. The molecular formula is C12H11F5N2O2. The Kier molecular flexibility index (Phi) is 3.77. The third-order valence-corrected chi connectivity index (χ3v) is 3.05. The fraction of sp³-hybridized carbons (Fsp3) is 0.500. The van der Waals surface area contributed by atoms with Crippen molar-refractivity contribution in [3.8, 4) is 0 Å². The smallest absolute Gasteiger partial charge is 0.417 e. The van der Waals surface area contributed by atoms with E-state index in [0.29, 0.717) is 12.3 Å². The number of nitrogens with one attached hydrogen (secondary N) is 1. The average Bonchev–Trinajstić information content (AvgIpc) is 2.34. The average molecular weight is 310 g/mol. The molecule has 0 aliphatic heterocycles. The Balaban J connectivity index is 2.26. The summed E-state index contributed by atoms with van der Waals surface area (Å²) < 4.78 is 67.6. The van der Waals surface area contributed by atoms with Gasteiger partial charge in [0.1, 0.15) is 11.4 Å². The molecule has 0 bridgehead atoms. The van der Waals surface area contributed by atoms with Crippen LogP contribution >= 0.6 is 0 Å². The molecule has 0 radical (unpaired) electrons. The molecule has 1 heterocycles. The number of halogens is 5. The minimum absolute atomic E-state index is 0.199. The summed E-state index contributed by atoms with van der Waals surface area (Å²) >= 11 is 0. The van der Waals surface area contributed by atoms with Crippen LogP contribution in [0, 0.1) is 0 Å². The van der Waals surface area contributed by atoms with E-state index < -0.39 is 48.1 Å². The van der Waals surface area contributed by atoms with E-state index in [2.05, 4.69) is 15.0 Å². The summed E-state index contributed by atoms with van der Waals surface area (Å²) in [6, 6.07) is -0.0644. The molecule has 1 N–H and O–H groups in total. The molecule has 0 atom stereocenters. The third-order valence-electron chi connectivity index (χ3n) is 3.05. The van der Waals surface area contributed by atoms with E-state index in [-0.39, 0.29) is 5.82 Å². The zero-order valence-electron chi connectivity index (χ0n) is 10.8. The lowest BCUT2D eigenvalue weighted by Gasteiger charge is -2.35. The van der Waals surface area contributed by atoms with Crippen LogP contribution in [0.25, 0.3) is 0 Å². The first-order chi connectivity index (χ1) is 9.62. The predicted molar refractivity (Wildman–Crippen MR) is 62.2 cm³/mol. The quantitative estimate of drug-likeness (QED) is 0.688. The Labute approximate surface area is 116 Å². The van der Waals surface area contributed by atoms with Gasteiger partial charge in [-0.2, -0.15) is 13.2 Å². The van der Waals surface area contributed by atoms with Crippen LogP contribution in [-0.4, -0.2) is 30.0 Å². The van der Waals surface area contributed by atoms with Gasteiger partial charge in [0, 0.05) is 25.1 Å². The van der Waals surface area contributed by atoms with Crippen molar-refractivity contribution in [1.29, 1.82) is 0 Å². The van der Waals surface area contributed by atoms with Gasteiger partial charge in [-0.1, -0.05) is 0 Å². The second-order valence-electron chi connectivity index (χ2n) is 4.71. The van der Waals surface area contributed by atoms with E-state index >= 15 is 0 Å². The fourth-order valence-corrected chi connectivity index (χ4v) is 1.96. The fourth-order valence-electron chi connectivity index (χ4n) is 1.96. The van der Waals surface area contributed by atoms with Gasteiger partial charge < -0.3 is 10.1 Å². The van der Waals surface area contributed by atoms with Crippen molar-refractivity contribution in [2.24, 2.45) is 0 Å². The molecule has 116 valence electrons. The molecule has 0 saturated heterocycles. The normalized spacial score (nSPS) is 18.0. The number of aromatic nitrogens is 1. The first-order valence-corrected chi connectivity index (χ1v) is 5.92. The maximum atomic E-state index is 12.7. The van der Waals surface area contributed by atoms with Crippen LogP contribution in [0.2, 0.25) is 0 Å². The minimum Gasteiger partial charge on any atom is -0.465 e. The molecule has 0 spiro atoms. The molecule has 2 rings (SSSR count). The van der Waals surface area contributed by atoms with Crippen LogP contribution in [-0.2, 0) is 10.9 Å². The molecule has 21 heavy (non-hydrogen) atoms. The van der Waals surface area contributed by atoms with E-state index in [4.69, 9.17) is 0 Å². The van der Waals surface area contributed by atoms with Crippen molar-refractivity contribution in [2.45, 2.75) is 31.0 Å². The van der Waals surface area contributed by atoms with E-state index in [9.17, 15) is 26.7 Å². The molecule has 1 aromatic rings. The Morgan fingerprint density at radius 3 is 2.52 bits per heavy atom. The lowest BCUT2D eigenvalue weighted by Crippen LogP contribution is -2.44. The van der Waals surface area contributed by atoms with Gasteiger partial charge in [-0.25, -0.2) is 18.6 Å². The predicted octanol–water partition coefficient (Wildman–Crippen LogP) is 3.10. The molecule has 1 aromatic heterocycles. The highest BCUT2D eigenvalue weighted by molar-refractivity contribution is 5.94. The largest absolute Gasteiger partial charge is 0.465 e. The molecule has 1 aliphatic carbocycles. The number of hydrogen-bond donors (Lipinski definition) is 1. The monoisotopic (exact) mass is 310 g/mol. The van der Waals surface area contributed by atoms with Crippen LogP contribution < -0.4 is 5.32 Å². The van der Waals surface area contributed by atoms with Gasteiger partial charge in [-0.05, 0) is 6.07 Å². The van der Waals surface area contributed by atoms with Gasteiger partial charge in [0.15, 0.2) is 0 Å². The second-order valence-corrected chi connectivity index (χ2v) is 4.71. The Morgan fingerprint density at radius 2 is 2.05 bits per heavy atom. The number of carbonyl (C=O) groups is 1. The summed E-state index contributed by atoms with van der Waals surface area (Å²) in [4.78, 5) is 15.0. The summed E-state index contributed by atoms with van der Waals surface area (Å²) in [6.07, 6.45) is -5.06. The summed E-state index contributed by atoms with van der Waals surface area (Å²) in [7, 11) is 1.00. The number of alkyl halides is 5. The van der Waals surface area contributed by atoms with Crippen LogP contribution in [0.15, 0.2) is 12.3 Å². The topological polar surface area (TPSA) is 51.2 Å². The lowest BCUT2D eigenvalue weighted by molar-refractivity contribution is -0.137. The number of pyridine rings is 1. The molecule has 0 aromatic carbocycles. The summed E-state index contributed by atoms with van der Waals surface area (Å²) in [5.41, 5.74) is -1.56.